The van der Waals surface area contributed by atoms with Gasteiger partial charge in [-0.2, -0.15) is 0 Å². The van der Waals surface area contributed by atoms with E-state index in [0.717, 1.165) is 13.1 Å². The Morgan fingerprint density at radius 1 is 1.03 bits per heavy atom. The van der Waals surface area contributed by atoms with E-state index in [-0.39, 0.29) is 11.5 Å². The molecule has 9 heteroatoms. The summed E-state index contributed by atoms with van der Waals surface area (Å²) in [6.45, 7) is 9.37. The van der Waals surface area contributed by atoms with E-state index in [9.17, 15) is 10.1 Å². The van der Waals surface area contributed by atoms with Gasteiger partial charge < -0.3 is 19.9 Å². The summed E-state index contributed by atoms with van der Waals surface area (Å²) < 4.78 is 5.64. The number of nitrogens with zero attached hydrogens (tertiary/aromatic N) is 5. The van der Waals surface area contributed by atoms with Gasteiger partial charge in [-0.3, -0.25) is 10.1 Å². The van der Waals surface area contributed by atoms with Crippen LogP contribution in [0.15, 0.2) is 48.8 Å². The Morgan fingerprint density at radius 2 is 1.76 bits per heavy atom. The zero-order valence-electron chi connectivity index (χ0n) is 19.1. The SMILES string of the molecule is CCOc1ccccc1Nc1ncnc(N2CCN(c3cccc(C)c3C)CC2)c1[N+](=O)[O-]. The van der Waals surface area contributed by atoms with Gasteiger partial charge in [-0.25, -0.2) is 9.97 Å². The summed E-state index contributed by atoms with van der Waals surface area (Å²) >= 11 is 0. The fourth-order valence-corrected chi connectivity index (χ4v) is 4.08. The van der Waals surface area contributed by atoms with Crippen LogP contribution in [0.1, 0.15) is 18.1 Å². The van der Waals surface area contributed by atoms with Crippen LogP contribution in [0.25, 0.3) is 0 Å². The maximum Gasteiger partial charge on any atom is 0.353 e. The lowest BCUT2D eigenvalue weighted by Gasteiger charge is -2.37. The Labute approximate surface area is 193 Å². The summed E-state index contributed by atoms with van der Waals surface area (Å²) in [5, 5.41) is 15.2. The number of ether oxygens (including phenoxy) is 1. The van der Waals surface area contributed by atoms with Gasteiger partial charge in [0.25, 0.3) is 0 Å². The minimum Gasteiger partial charge on any atom is -0.492 e. The molecule has 3 aromatic rings. The molecule has 0 spiro atoms. The van der Waals surface area contributed by atoms with E-state index in [1.54, 1.807) is 6.07 Å². The zero-order valence-corrected chi connectivity index (χ0v) is 19.1. The molecule has 2 heterocycles. The van der Waals surface area contributed by atoms with E-state index in [1.807, 2.05) is 30.0 Å². The third-order valence-corrected chi connectivity index (χ3v) is 5.92. The Kier molecular flexibility index (Phi) is 6.58. The van der Waals surface area contributed by atoms with E-state index in [0.29, 0.717) is 37.0 Å². The topological polar surface area (TPSA) is 96.7 Å². The Morgan fingerprint density at radius 3 is 2.48 bits per heavy atom. The average Bonchev–Trinajstić information content (AvgIpc) is 2.82. The Balaban J connectivity index is 1.58. The van der Waals surface area contributed by atoms with Gasteiger partial charge in [-0.05, 0) is 50.1 Å². The number of piperazine rings is 1. The van der Waals surface area contributed by atoms with Crippen molar-refractivity contribution in [2.75, 3.05) is 47.9 Å². The molecule has 0 aliphatic carbocycles. The molecule has 1 N–H and O–H groups in total. The number of anilines is 4. The van der Waals surface area contributed by atoms with Crippen LogP contribution in [-0.4, -0.2) is 47.7 Å². The van der Waals surface area contributed by atoms with Crippen LogP contribution in [0.3, 0.4) is 0 Å². The molecule has 33 heavy (non-hydrogen) atoms. The highest BCUT2D eigenvalue weighted by molar-refractivity contribution is 5.76. The highest BCUT2D eigenvalue weighted by atomic mass is 16.6. The van der Waals surface area contributed by atoms with Crippen molar-refractivity contribution >= 4 is 28.7 Å². The van der Waals surface area contributed by atoms with Crippen LogP contribution in [0.4, 0.5) is 28.7 Å². The molecule has 2 aromatic carbocycles. The zero-order chi connectivity index (χ0) is 23.4. The summed E-state index contributed by atoms with van der Waals surface area (Å²) in [6.07, 6.45) is 1.37. The second-order valence-corrected chi connectivity index (χ2v) is 7.90. The number of aryl methyl sites for hydroxylation is 1. The third kappa shape index (κ3) is 4.67. The number of nitro groups is 1. The summed E-state index contributed by atoms with van der Waals surface area (Å²) in [5.74, 6) is 1.08. The van der Waals surface area contributed by atoms with E-state index in [4.69, 9.17) is 4.74 Å². The van der Waals surface area contributed by atoms with Crippen molar-refractivity contribution < 1.29 is 9.66 Å². The normalized spacial score (nSPS) is 13.7. The van der Waals surface area contributed by atoms with Gasteiger partial charge in [0.05, 0.1) is 17.2 Å². The molecular weight excluding hydrogens is 420 g/mol. The van der Waals surface area contributed by atoms with Crippen LogP contribution in [0.2, 0.25) is 0 Å². The number of hydrogen-bond donors (Lipinski definition) is 1. The van der Waals surface area contributed by atoms with E-state index < -0.39 is 4.92 Å². The highest BCUT2D eigenvalue weighted by Gasteiger charge is 2.30. The number of hydrogen-bond acceptors (Lipinski definition) is 8. The standard InChI is InChI=1S/C24H28N6O3/c1-4-33-21-11-6-5-9-19(21)27-23-22(30(31)32)24(26-16-25-23)29-14-12-28(13-15-29)20-10-7-8-17(2)18(20)3/h5-11,16H,4,12-15H2,1-3H3,(H,25,26,27). The fraction of sp³-hybridized carbons (Fsp3) is 0.333. The highest BCUT2D eigenvalue weighted by Crippen LogP contribution is 2.36. The van der Waals surface area contributed by atoms with Gasteiger partial charge in [0.2, 0.25) is 11.6 Å². The van der Waals surface area contributed by atoms with E-state index >= 15 is 0 Å². The predicted octanol–water partition coefficient (Wildman–Crippen LogP) is 4.47. The van der Waals surface area contributed by atoms with Crippen molar-refractivity contribution in [2.45, 2.75) is 20.8 Å². The molecule has 0 atom stereocenters. The lowest BCUT2D eigenvalue weighted by molar-refractivity contribution is -0.383. The molecule has 0 saturated carbocycles. The maximum atomic E-state index is 12.1. The second kappa shape index (κ2) is 9.72. The molecule has 0 unspecified atom stereocenters. The first-order chi connectivity index (χ1) is 16.0. The average molecular weight is 449 g/mol. The largest absolute Gasteiger partial charge is 0.492 e. The molecule has 1 aromatic heterocycles. The minimum atomic E-state index is -0.419. The van der Waals surface area contributed by atoms with Crippen LogP contribution < -0.4 is 19.9 Å². The first-order valence-corrected chi connectivity index (χ1v) is 11.0. The monoisotopic (exact) mass is 448 g/mol. The summed E-state index contributed by atoms with van der Waals surface area (Å²) in [6, 6.07) is 13.6. The molecule has 1 aliphatic heterocycles. The van der Waals surface area contributed by atoms with Crippen LogP contribution in [0, 0.1) is 24.0 Å². The molecule has 172 valence electrons. The fourth-order valence-electron chi connectivity index (χ4n) is 4.08. The Bertz CT molecular complexity index is 1140. The van der Waals surface area contributed by atoms with Crippen LogP contribution >= 0.6 is 0 Å². The minimum absolute atomic E-state index is 0.135. The molecular formula is C24H28N6O3. The van der Waals surface area contributed by atoms with E-state index in [1.165, 1.54) is 23.1 Å². The molecule has 1 aliphatic rings. The molecule has 1 fully saturated rings. The van der Waals surface area contributed by atoms with Gasteiger partial charge in [0.15, 0.2) is 0 Å². The molecule has 0 radical (unpaired) electrons. The molecule has 0 amide bonds. The van der Waals surface area contributed by atoms with E-state index in [2.05, 4.69) is 52.2 Å². The van der Waals surface area contributed by atoms with Crippen LogP contribution in [-0.2, 0) is 0 Å². The van der Waals surface area contributed by atoms with Crippen molar-refractivity contribution in [2.24, 2.45) is 0 Å². The predicted molar refractivity (Wildman–Crippen MR) is 130 cm³/mol. The second-order valence-electron chi connectivity index (χ2n) is 7.90. The Hall–Kier alpha value is -3.88. The van der Waals surface area contributed by atoms with Crippen LogP contribution in [0.5, 0.6) is 5.75 Å². The maximum absolute atomic E-state index is 12.1. The summed E-state index contributed by atoms with van der Waals surface area (Å²) in [7, 11) is 0. The summed E-state index contributed by atoms with van der Waals surface area (Å²) in [5.41, 5.74) is 4.21. The number of rotatable bonds is 7. The lowest BCUT2D eigenvalue weighted by atomic mass is 10.1. The van der Waals surface area contributed by atoms with Crippen molar-refractivity contribution in [1.29, 1.82) is 0 Å². The van der Waals surface area contributed by atoms with Gasteiger partial charge in [0.1, 0.15) is 12.1 Å². The van der Waals surface area contributed by atoms with Gasteiger partial charge in [0, 0.05) is 31.9 Å². The van der Waals surface area contributed by atoms with Gasteiger partial charge >= 0.3 is 5.69 Å². The number of para-hydroxylation sites is 2. The molecule has 1 saturated heterocycles. The first-order valence-electron chi connectivity index (χ1n) is 11.0. The van der Waals surface area contributed by atoms with Crippen molar-refractivity contribution in [3.8, 4) is 5.75 Å². The number of aromatic nitrogens is 2. The quantitative estimate of drug-likeness (QED) is 0.418. The van der Waals surface area contributed by atoms with Crippen molar-refractivity contribution in [1.82, 2.24) is 9.97 Å². The molecule has 9 nitrogen and oxygen atoms in total. The summed E-state index contributed by atoms with van der Waals surface area (Å²) in [4.78, 5) is 24.4. The van der Waals surface area contributed by atoms with Gasteiger partial charge in [-0.15, -0.1) is 0 Å². The third-order valence-electron chi connectivity index (χ3n) is 5.92. The van der Waals surface area contributed by atoms with Crippen molar-refractivity contribution in [3.63, 3.8) is 0 Å². The lowest BCUT2D eigenvalue weighted by Crippen LogP contribution is -2.47. The number of benzene rings is 2. The molecule has 0 bridgehead atoms. The smallest absolute Gasteiger partial charge is 0.353 e. The first kappa shape index (κ1) is 22.3. The van der Waals surface area contributed by atoms with Crippen molar-refractivity contribution in [3.05, 3.63) is 70.0 Å². The molecule has 4 rings (SSSR count). The van der Waals surface area contributed by atoms with Gasteiger partial charge in [-0.1, -0.05) is 24.3 Å². The number of nitrogens with one attached hydrogen (secondary N) is 1.